The molecule has 4 aromatic carbocycles. The first-order chi connectivity index (χ1) is 18.4. The maximum Gasteiger partial charge on any atom is 0.339 e. The third-order valence-electron chi connectivity index (χ3n) is 6.63. The van der Waals surface area contributed by atoms with E-state index in [9.17, 15) is 15.0 Å². The van der Waals surface area contributed by atoms with Gasteiger partial charge in [-0.25, -0.2) is 4.79 Å². The lowest BCUT2D eigenvalue weighted by atomic mass is 9.88. The van der Waals surface area contributed by atoms with Gasteiger partial charge in [-0.15, -0.1) is 0 Å². The number of rotatable bonds is 9. The minimum atomic E-state index is -1.05. The van der Waals surface area contributed by atoms with Crippen molar-refractivity contribution in [1.29, 1.82) is 0 Å². The van der Waals surface area contributed by atoms with E-state index in [4.69, 9.17) is 21.1 Å². The molecule has 0 fully saturated rings. The molecule has 2 atom stereocenters. The van der Waals surface area contributed by atoms with E-state index in [0.717, 1.165) is 24.8 Å². The molecule has 38 heavy (non-hydrogen) atoms. The topological polar surface area (TPSA) is 88.0 Å². The normalized spacial score (nSPS) is 15.4. The third-order valence-corrected chi connectivity index (χ3v) is 6.86. The van der Waals surface area contributed by atoms with Gasteiger partial charge in [-0.3, -0.25) is 0 Å². The van der Waals surface area contributed by atoms with Crippen molar-refractivity contribution in [3.05, 3.63) is 118 Å². The minimum absolute atomic E-state index is 0.0942. The molecular weight excluding hydrogens is 502 g/mol. The molecule has 0 spiro atoms. The molecule has 0 unspecified atom stereocenters. The summed E-state index contributed by atoms with van der Waals surface area (Å²) in [6.07, 6.45) is 2.16. The van der Waals surface area contributed by atoms with Crippen LogP contribution in [0.1, 0.15) is 39.6 Å². The summed E-state index contributed by atoms with van der Waals surface area (Å²) in [5, 5.41) is 24.1. The quantitative estimate of drug-likeness (QED) is 0.221. The maximum atomic E-state index is 11.5. The first-order valence-electron chi connectivity index (χ1n) is 12.5. The number of carbonyl (C=O) groups is 1. The lowest BCUT2D eigenvalue weighted by molar-refractivity contribution is 0.0694. The largest absolute Gasteiger partial charge is 0.478 e. The predicted octanol–water partition coefficient (Wildman–Crippen LogP) is 6.80. The molecule has 0 aliphatic heterocycles. The number of aromatic carboxylic acids is 1. The summed E-state index contributed by atoms with van der Waals surface area (Å²) in [5.41, 5.74) is 3.41. The van der Waals surface area contributed by atoms with Crippen molar-refractivity contribution in [2.45, 2.75) is 31.4 Å². The number of fused-ring (bicyclic) bond motifs is 1. The zero-order chi connectivity index (χ0) is 26.5. The Labute approximate surface area is 226 Å². The second kappa shape index (κ2) is 11.7. The fraction of sp³-hybridized carbons (Fsp3) is 0.194. The van der Waals surface area contributed by atoms with Gasteiger partial charge in [0.05, 0.1) is 6.10 Å². The number of hydrogen-bond acceptors (Lipinski definition) is 5. The van der Waals surface area contributed by atoms with Crippen molar-refractivity contribution in [3.8, 4) is 23.0 Å². The lowest BCUT2D eigenvalue weighted by Crippen LogP contribution is -2.37. The average molecular weight is 530 g/mol. The summed E-state index contributed by atoms with van der Waals surface area (Å²) in [7, 11) is 0. The Kier molecular flexibility index (Phi) is 7.94. The van der Waals surface area contributed by atoms with Gasteiger partial charge in [-0.05, 0) is 84.5 Å². The highest BCUT2D eigenvalue weighted by Crippen LogP contribution is 2.32. The van der Waals surface area contributed by atoms with E-state index in [-0.39, 0.29) is 17.4 Å². The van der Waals surface area contributed by atoms with Crippen LogP contribution in [0.5, 0.6) is 23.0 Å². The molecule has 0 bridgehead atoms. The zero-order valence-electron chi connectivity index (χ0n) is 20.6. The molecule has 5 rings (SSSR count). The molecule has 0 heterocycles. The van der Waals surface area contributed by atoms with E-state index >= 15 is 0 Å². The van der Waals surface area contributed by atoms with Gasteiger partial charge in [-0.2, -0.15) is 0 Å². The summed E-state index contributed by atoms with van der Waals surface area (Å²) in [6.45, 7) is 0.453. The minimum Gasteiger partial charge on any atom is -0.478 e. The molecule has 0 radical (unpaired) electrons. The first kappa shape index (κ1) is 25.8. The Balaban J connectivity index is 1.23. The number of aryl methyl sites for hydroxylation is 1. The van der Waals surface area contributed by atoms with Gasteiger partial charge < -0.3 is 25.0 Å². The molecule has 3 N–H and O–H groups in total. The molecule has 0 aromatic heterocycles. The molecule has 194 valence electrons. The van der Waals surface area contributed by atoms with Crippen LogP contribution in [-0.2, 0) is 12.8 Å². The van der Waals surface area contributed by atoms with Crippen molar-refractivity contribution in [2.24, 2.45) is 0 Å². The second-order valence-electron chi connectivity index (χ2n) is 9.33. The fourth-order valence-electron chi connectivity index (χ4n) is 4.68. The van der Waals surface area contributed by atoms with Crippen molar-refractivity contribution < 1.29 is 24.5 Å². The van der Waals surface area contributed by atoms with Gasteiger partial charge in [0, 0.05) is 23.7 Å². The van der Waals surface area contributed by atoms with E-state index in [1.807, 2.05) is 24.3 Å². The fourth-order valence-corrected chi connectivity index (χ4v) is 4.88. The van der Waals surface area contributed by atoms with Crippen LogP contribution in [0.4, 0.5) is 0 Å². The average Bonchev–Trinajstić information content (AvgIpc) is 2.92. The van der Waals surface area contributed by atoms with E-state index in [1.165, 1.54) is 17.2 Å². The summed E-state index contributed by atoms with van der Waals surface area (Å²) < 4.78 is 12.0. The van der Waals surface area contributed by atoms with Gasteiger partial charge in [-0.1, -0.05) is 48.0 Å². The van der Waals surface area contributed by atoms with Crippen molar-refractivity contribution in [1.82, 2.24) is 5.32 Å². The van der Waals surface area contributed by atoms with Gasteiger partial charge in [0.15, 0.2) is 0 Å². The van der Waals surface area contributed by atoms with Crippen molar-refractivity contribution >= 4 is 17.6 Å². The van der Waals surface area contributed by atoms with Gasteiger partial charge in [0.2, 0.25) is 0 Å². The predicted molar refractivity (Wildman–Crippen MR) is 147 cm³/mol. The number of carboxylic acid groups (broad SMARTS) is 1. The SMILES string of the molecule is O=C(O)c1ccccc1Oc1cccc(Oc2ccc3c(c2)C[C@@H](NC[C@H](O)c2cccc(Cl)c2)CC3)c1. The molecule has 4 aromatic rings. The van der Waals surface area contributed by atoms with Crippen LogP contribution < -0.4 is 14.8 Å². The molecule has 1 aliphatic rings. The Morgan fingerprint density at radius 1 is 0.895 bits per heavy atom. The molecule has 0 saturated heterocycles. The monoisotopic (exact) mass is 529 g/mol. The Morgan fingerprint density at radius 3 is 2.47 bits per heavy atom. The number of ether oxygens (including phenoxy) is 2. The van der Waals surface area contributed by atoms with Crippen LogP contribution in [0, 0.1) is 0 Å². The number of hydrogen-bond donors (Lipinski definition) is 3. The third kappa shape index (κ3) is 6.34. The van der Waals surface area contributed by atoms with E-state index in [0.29, 0.717) is 28.8 Å². The molecular formula is C31H28ClNO5. The van der Waals surface area contributed by atoms with E-state index in [1.54, 1.807) is 48.5 Å². The Morgan fingerprint density at radius 2 is 1.66 bits per heavy atom. The summed E-state index contributed by atoms with van der Waals surface area (Å²) >= 11 is 6.06. The Hall–Kier alpha value is -3.84. The molecule has 7 heteroatoms. The number of nitrogens with one attached hydrogen (secondary N) is 1. The van der Waals surface area contributed by atoms with Crippen LogP contribution in [0.2, 0.25) is 5.02 Å². The lowest BCUT2D eigenvalue weighted by Gasteiger charge is -2.27. The van der Waals surface area contributed by atoms with Crippen molar-refractivity contribution in [2.75, 3.05) is 6.54 Å². The van der Waals surface area contributed by atoms with Crippen LogP contribution in [0.25, 0.3) is 0 Å². The number of para-hydroxylation sites is 1. The zero-order valence-corrected chi connectivity index (χ0v) is 21.4. The second-order valence-corrected chi connectivity index (χ2v) is 9.77. The molecule has 6 nitrogen and oxygen atoms in total. The maximum absolute atomic E-state index is 11.5. The van der Waals surface area contributed by atoms with E-state index in [2.05, 4.69) is 17.4 Å². The molecule has 0 amide bonds. The number of halogens is 1. The highest BCUT2D eigenvalue weighted by molar-refractivity contribution is 6.30. The van der Waals surface area contributed by atoms with Crippen LogP contribution >= 0.6 is 11.6 Å². The number of benzene rings is 4. The number of aliphatic hydroxyl groups is 1. The number of aliphatic hydroxyl groups excluding tert-OH is 1. The molecule has 0 saturated carbocycles. The number of carboxylic acids is 1. The van der Waals surface area contributed by atoms with Gasteiger partial charge in [0.25, 0.3) is 0 Å². The van der Waals surface area contributed by atoms with Crippen LogP contribution in [0.3, 0.4) is 0 Å². The summed E-state index contributed by atoms with van der Waals surface area (Å²) in [4.78, 5) is 11.5. The summed E-state index contributed by atoms with van der Waals surface area (Å²) in [6, 6.07) is 27.3. The van der Waals surface area contributed by atoms with Crippen molar-refractivity contribution in [3.63, 3.8) is 0 Å². The smallest absolute Gasteiger partial charge is 0.339 e. The Bertz CT molecular complexity index is 1440. The highest BCUT2D eigenvalue weighted by atomic mass is 35.5. The molecule has 1 aliphatic carbocycles. The highest BCUT2D eigenvalue weighted by Gasteiger charge is 2.20. The van der Waals surface area contributed by atoms with E-state index < -0.39 is 12.1 Å². The first-order valence-corrected chi connectivity index (χ1v) is 12.9. The van der Waals surface area contributed by atoms with Crippen LogP contribution in [0.15, 0.2) is 91.0 Å². The standard InChI is InChI=1S/C31H28ClNO5/c32-23-6-3-5-21(15-23)29(34)19-33-24-13-11-20-12-14-27(17-22(20)16-24)37-25-7-4-8-26(18-25)38-30-10-2-1-9-28(30)31(35)36/h1-10,12,14-15,17-18,24,29,33-34H,11,13,16,19H2,(H,35,36)/t24-,29-/m0/s1. The summed E-state index contributed by atoms with van der Waals surface area (Å²) in [5.74, 6) is 1.01. The van der Waals surface area contributed by atoms with Gasteiger partial charge >= 0.3 is 5.97 Å². The van der Waals surface area contributed by atoms with Gasteiger partial charge in [0.1, 0.15) is 28.6 Å². The van der Waals surface area contributed by atoms with Crippen LogP contribution in [-0.4, -0.2) is 28.8 Å².